The molecule has 3 rings (SSSR count). The van der Waals surface area contributed by atoms with E-state index in [-0.39, 0.29) is 18.3 Å². The van der Waals surface area contributed by atoms with Crippen molar-refractivity contribution < 1.29 is 14.3 Å². The number of amides is 1. The minimum absolute atomic E-state index is 0.114. The molecule has 9 heteroatoms. The first-order valence-corrected chi connectivity index (χ1v) is 10.7. The van der Waals surface area contributed by atoms with Gasteiger partial charge in [-0.05, 0) is 19.1 Å². The minimum atomic E-state index is -0.277. The second-order valence-electron chi connectivity index (χ2n) is 5.93. The Morgan fingerprint density at radius 2 is 2.07 bits per heavy atom. The topological polar surface area (TPSA) is 75.6 Å². The van der Waals surface area contributed by atoms with Crippen LogP contribution in [0.1, 0.15) is 12.6 Å². The monoisotopic (exact) mass is 406 g/mol. The maximum Gasteiger partial charge on any atom is 0.311 e. The summed E-state index contributed by atoms with van der Waals surface area (Å²) in [6.07, 6.45) is 1.96. The summed E-state index contributed by atoms with van der Waals surface area (Å²) in [7, 11) is 0. The molecule has 27 heavy (non-hydrogen) atoms. The van der Waals surface area contributed by atoms with E-state index in [2.05, 4.69) is 14.9 Å². The largest absolute Gasteiger partial charge is 0.466 e. The maximum atomic E-state index is 12.5. The number of esters is 1. The Bertz CT molecular complexity index is 761. The molecule has 1 saturated heterocycles. The number of anilines is 1. The van der Waals surface area contributed by atoms with E-state index in [9.17, 15) is 9.59 Å². The van der Waals surface area contributed by atoms with Crippen LogP contribution in [0.3, 0.4) is 0 Å². The summed E-state index contributed by atoms with van der Waals surface area (Å²) in [5.74, 6) is 1.15. The molecule has 1 fully saturated rings. The van der Waals surface area contributed by atoms with Gasteiger partial charge in [-0.15, -0.1) is 11.3 Å². The molecule has 0 bridgehead atoms. The zero-order chi connectivity index (χ0) is 19.1. The molecular formula is C18H22N4O3S2. The van der Waals surface area contributed by atoms with Crippen molar-refractivity contribution in [1.82, 2.24) is 14.9 Å². The van der Waals surface area contributed by atoms with Crippen LogP contribution in [0.5, 0.6) is 0 Å². The van der Waals surface area contributed by atoms with Crippen LogP contribution in [0.2, 0.25) is 0 Å². The average molecular weight is 407 g/mol. The molecule has 2 aromatic heterocycles. The first kappa shape index (κ1) is 19.6. The van der Waals surface area contributed by atoms with E-state index in [0.717, 1.165) is 23.2 Å². The van der Waals surface area contributed by atoms with Gasteiger partial charge >= 0.3 is 5.97 Å². The Labute approximate surface area is 166 Å². The summed E-state index contributed by atoms with van der Waals surface area (Å²) in [5, 5.41) is 1.84. The molecule has 0 radical (unpaired) electrons. The molecule has 0 saturated carbocycles. The molecule has 0 atom stereocenters. The van der Waals surface area contributed by atoms with E-state index >= 15 is 0 Å². The van der Waals surface area contributed by atoms with Gasteiger partial charge in [0.15, 0.2) is 4.34 Å². The highest BCUT2D eigenvalue weighted by molar-refractivity contribution is 8.01. The van der Waals surface area contributed by atoms with Gasteiger partial charge in [-0.25, -0.2) is 9.97 Å². The normalized spacial score (nSPS) is 14.3. The highest BCUT2D eigenvalue weighted by Crippen LogP contribution is 2.24. The van der Waals surface area contributed by atoms with Crippen molar-refractivity contribution in [3.8, 4) is 0 Å². The third-order valence-electron chi connectivity index (χ3n) is 4.09. The van der Waals surface area contributed by atoms with E-state index in [0.29, 0.717) is 31.1 Å². The molecule has 2 aromatic rings. The van der Waals surface area contributed by atoms with Crippen LogP contribution in [0.4, 0.5) is 5.82 Å². The van der Waals surface area contributed by atoms with Gasteiger partial charge in [-0.3, -0.25) is 9.59 Å². The van der Waals surface area contributed by atoms with Crippen LogP contribution in [0.15, 0.2) is 34.1 Å². The van der Waals surface area contributed by atoms with Crippen LogP contribution in [0, 0.1) is 0 Å². The number of nitrogens with zero attached hydrogens (tertiary/aromatic N) is 4. The number of carbonyl (C=O) groups is 2. The van der Waals surface area contributed by atoms with Crippen molar-refractivity contribution in [2.75, 3.05) is 43.4 Å². The van der Waals surface area contributed by atoms with Gasteiger partial charge in [-0.1, -0.05) is 17.8 Å². The number of piperazine rings is 1. The molecule has 1 amide bonds. The van der Waals surface area contributed by atoms with Gasteiger partial charge in [0.25, 0.3) is 0 Å². The Kier molecular flexibility index (Phi) is 7.05. The van der Waals surface area contributed by atoms with Crippen molar-refractivity contribution in [1.29, 1.82) is 0 Å². The second-order valence-corrected chi connectivity index (χ2v) is 8.01. The van der Waals surface area contributed by atoms with Crippen LogP contribution in [-0.2, 0) is 20.7 Å². The van der Waals surface area contributed by atoms with Gasteiger partial charge in [0, 0.05) is 37.8 Å². The molecular weight excluding hydrogens is 384 g/mol. The molecule has 0 spiro atoms. The van der Waals surface area contributed by atoms with Crippen LogP contribution in [0.25, 0.3) is 0 Å². The van der Waals surface area contributed by atoms with Gasteiger partial charge in [0.05, 0.1) is 24.5 Å². The minimum Gasteiger partial charge on any atom is -0.466 e. The molecule has 0 unspecified atom stereocenters. The van der Waals surface area contributed by atoms with Crippen LogP contribution < -0.4 is 4.90 Å². The Morgan fingerprint density at radius 3 is 2.78 bits per heavy atom. The maximum absolute atomic E-state index is 12.5. The summed E-state index contributed by atoms with van der Waals surface area (Å²) in [5.41, 5.74) is 0.692. The molecule has 0 N–H and O–H groups in total. The summed E-state index contributed by atoms with van der Waals surface area (Å²) in [6, 6.07) is 5.86. The second kappa shape index (κ2) is 9.70. The lowest BCUT2D eigenvalue weighted by molar-refractivity contribution is -0.142. The van der Waals surface area contributed by atoms with Crippen molar-refractivity contribution in [2.45, 2.75) is 17.7 Å². The first-order chi connectivity index (χ1) is 13.2. The fraction of sp³-hybridized carbons (Fsp3) is 0.444. The van der Waals surface area contributed by atoms with Crippen molar-refractivity contribution in [3.05, 3.63) is 35.5 Å². The summed E-state index contributed by atoms with van der Waals surface area (Å²) in [4.78, 5) is 36.8. The lowest BCUT2D eigenvalue weighted by Gasteiger charge is -2.35. The number of thioether (sulfide) groups is 1. The standard InChI is InChI=1S/C18H22N4O3S2/c1-2-25-17(24)11-14-12-26-18(20-14)27-13-16(23)22-9-7-21(8-10-22)15-5-3-4-6-19-15/h3-6,12H,2,7-11,13H2,1H3. The molecule has 1 aliphatic rings. The zero-order valence-electron chi connectivity index (χ0n) is 15.2. The van der Waals surface area contributed by atoms with Crippen LogP contribution >= 0.6 is 23.1 Å². The quantitative estimate of drug-likeness (QED) is 0.515. The van der Waals surface area contributed by atoms with Crippen molar-refractivity contribution in [2.24, 2.45) is 0 Å². The van der Waals surface area contributed by atoms with E-state index in [1.165, 1.54) is 23.1 Å². The van der Waals surface area contributed by atoms with Gasteiger partial charge in [0.1, 0.15) is 5.82 Å². The third-order valence-corrected chi connectivity index (χ3v) is 6.14. The molecule has 0 aromatic carbocycles. The number of pyridine rings is 1. The number of hydrogen-bond acceptors (Lipinski definition) is 8. The van der Waals surface area contributed by atoms with E-state index in [1.54, 1.807) is 13.1 Å². The molecule has 7 nitrogen and oxygen atoms in total. The highest BCUT2D eigenvalue weighted by atomic mass is 32.2. The van der Waals surface area contributed by atoms with Gasteiger partial charge in [0.2, 0.25) is 5.91 Å². The summed E-state index contributed by atoms with van der Waals surface area (Å²) < 4.78 is 5.72. The molecule has 144 valence electrons. The van der Waals surface area contributed by atoms with Crippen molar-refractivity contribution in [3.63, 3.8) is 0 Å². The Balaban J connectivity index is 1.42. The van der Waals surface area contributed by atoms with E-state index < -0.39 is 0 Å². The number of ether oxygens (including phenoxy) is 1. The summed E-state index contributed by atoms with van der Waals surface area (Å²) in [6.45, 7) is 5.11. The Hall–Kier alpha value is -2.13. The lowest BCUT2D eigenvalue weighted by Crippen LogP contribution is -2.49. The highest BCUT2D eigenvalue weighted by Gasteiger charge is 2.22. The van der Waals surface area contributed by atoms with Gasteiger partial charge < -0.3 is 14.5 Å². The first-order valence-electron chi connectivity index (χ1n) is 8.82. The molecule has 3 heterocycles. The predicted octanol–water partition coefficient (Wildman–Crippen LogP) is 2.08. The zero-order valence-corrected chi connectivity index (χ0v) is 16.8. The fourth-order valence-corrected chi connectivity index (χ4v) is 4.48. The van der Waals surface area contributed by atoms with Crippen LogP contribution in [-0.4, -0.2) is 65.3 Å². The third kappa shape index (κ3) is 5.67. The number of rotatable bonds is 7. The Morgan fingerprint density at radius 1 is 1.26 bits per heavy atom. The molecule has 0 aliphatic carbocycles. The summed E-state index contributed by atoms with van der Waals surface area (Å²) >= 11 is 2.87. The average Bonchev–Trinajstić information content (AvgIpc) is 3.14. The number of aromatic nitrogens is 2. The molecule has 1 aliphatic heterocycles. The van der Waals surface area contributed by atoms with E-state index in [4.69, 9.17) is 4.74 Å². The van der Waals surface area contributed by atoms with E-state index in [1.807, 2.05) is 28.5 Å². The van der Waals surface area contributed by atoms with Crippen molar-refractivity contribution >= 4 is 40.8 Å². The van der Waals surface area contributed by atoms with Gasteiger partial charge in [-0.2, -0.15) is 0 Å². The number of thiazole rings is 1. The lowest BCUT2D eigenvalue weighted by atomic mass is 10.3. The fourth-order valence-electron chi connectivity index (χ4n) is 2.74. The number of hydrogen-bond donors (Lipinski definition) is 0. The predicted molar refractivity (Wildman–Crippen MR) is 106 cm³/mol. The smallest absolute Gasteiger partial charge is 0.311 e. The SMILES string of the molecule is CCOC(=O)Cc1csc(SCC(=O)N2CCN(c3ccccn3)CC2)n1. The number of carbonyl (C=O) groups excluding carboxylic acids is 2.